The quantitative estimate of drug-likeness (QED) is 0.847. The molecule has 0 saturated carbocycles. The maximum Gasteiger partial charge on any atom is 0.130 e. The van der Waals surface area contributed by atoms with Gasteiger partial charge in [0.05, 0.1) is 0 Å². The molecular weight excluding hydrogens is 269 g/mol. The van der Waals surface area contributed by atoms with Crippen LogP contribution in [0.4, 0.5) is 0 Å². The molecule has 1 aromatic rings. The van der Waals surface area contributed by atoms with Crippen molar-refractivity contribution in [2.24, 2.45) is 5.92 Å². The molecule has 0 spiro atoms. The van der Waals surface area contributed by atoms with Gasteiger partial charge in [-0.1, -0.05) is 23.2 Å². The number of likely N-dealkylation sites (tertiary alicyclic amines) is 1. The van der Waals surface area contributed by atoms with E-state index in [4.69, 9.17) is 23.2 Å². The van der Waals surface area contributed by atoms with Gasteiger partial charge in [0.15, 0.2) is 0 Å². The zero-order chi connectivity index (χ0) is 12.5. The molecule has 3 nitrogen and oxygen atoms in total. The fraction of sp³-hybridized carbons (Fsp3) is 0.615. The van der Waals surface area contributed by atoms with Crippen LogP contribution in [0, 0.1) is 5.92 Å². The molecule has 0 amide bonds. The summed E-state index contributed by atoms with van der Waals surface area (Å²) in [5.41, 5.74) is 1.07. The average Bonchev–Trinajstić information content (AvgIpc) is 2.75. The van der Waals surface area contributed by atoms with Crippen LogP contribution in [0.5, 0.6) is 0 Å². The molecule has 2 saturated heterocycles. The Balaban J connectivity index is 1.66. The molecule has 0 unspecified atom stereocenters. The summed E-state index contributed by atoms with van der Waals surface area (Å²) in [5, 5.41) is 4.79. The lowest BCUT2D eigenvalue weighted by Gasteiger charge is -2.24. The molecule has 2 atom stereocenters. The van der Waals surface area contributed by atoms with Gasteiger partial charge in [-0.3, -0.25) is 4.90 Å². The molecule has 3 rings (SSSR count). The summed E-state index contributed by atoms with van der Waals surface area (Å²) in [6.07, 6.45) is 4.44. The highest BCUT2D eigenvalue weighted by Crippen LogP contribution is 2.27. The summed E-state index contributed by atoms with van der Waals surface area (Å²) < 4.78 is 0. The summed E-state index contributed by atoms with van der Waals surface area (Å²) in [4.78, 5) is 6.57. The van der Waals surface area contributed by atoms with Crippen molar-refractivity contribution in [1.82, 2.24) is 15.2 Å². The second-order valence-electron chi connectivity index (χ2n) is 5.26. The zero-order valence-corrected chi connectivity index (χ0v) is 11.7. The third-order valence-electron chi connectivity index (χ3n) is 3.97. The molecule has 18 heavy (non-hydrogen) atoms. The number of aromatic nitrogens is 1. The first kappa shape index (κ1) is 12.7. The molecule has 1 aromatic heterocycles. The first-order valence-corrected chi connectivity index (χ1v) is 7.23. The van der Waals surface area contributed by atoms with Gasteiger partial charge in [0.2, 0.25) is 0 Å². The summed E-state index contributed by atoms with van der Waals surface area (Å²) in [7, 11) is 0. The van der Waals surface area contributed by atoms with Crippen LogP contribution in [0.3, 0.4) is 0 Å². The van der Waals surface area contributed by atoms with Crippen molar-refractivity contribution in [1.29, 1.82) is 0 Å². The first-order chi connectivity index (χ1) is 8.72. The van der Waals surface area contributed by atoms with Crippen molar-refractivity contribution in [2.45, 2.75) is 25.4 Å². The Morgan fingerprint density at radius 1 is 1.39 bits per heavy atom. The SMILES string of the molecule is Clc1cc(Cl)c(CN2C[C@@H]3CCCN[C@@H]3C2)cn1. The van der Waals surface area contributed by atoms with Crippen molar-refractivity contribution in [2.75, 3.05) is 19.6 Å². The van der Waals surface area contributed by atoms with E-state index >= 15 is 0 Å². The number of hydrogen-bond donors (Lipinski definition) is 1. The number of hydrogen-bond acceptors (Lipinski definition) is 3. The molecule has 3 heterocycles. The molecular formula is C13H17Cl2N3. The van der Waals surface area contributed by atoms with E-state index < -0.39 is 0 Å². The van der Waals surface area contributed by atoms with Crippen molar-refractivity contribution < 1.29 is 0 Å². The molecule has 2 aliphatic heterocycles. The monoisotopic (exact) mass is 285 g/mol. The van der Waals surface area contributed by atoms with Gasteiger partial charge < -0.3 is 5.32 Å². The predicted molar refractivity (Wildman–Crippen MR) is 74.0 cm³/mol. The van der Waals surface area contributed by atoms with Crippen LogP contribution < -0.4 is 5.32 Å². The minimum atomic E-state index is 0.459. The number of piperidine rings is 1. The summed E-state index contributed by atoms with van der Waals surface area (Å²) in [6.45, 7) is 4.32. The lowest BCUT2D eigenvalue weighted by atomic mass is 9.94. The number of halogens is 2. The van der Waals surface area contributed by atoms with E-state index in [0.717, 1.165) is 42.7 Å². The average molecular weight is 286 g/mol. The molecule has 2 fully saturated rings. The second-order valence-corrected chi connectivity index (χ2v) is 6.05. The van der Waals surface area contributed by atoms with Gasteiger partial charge in [-0.05, 0) is 31.4 Å². The van der Waals surface area contributed by atoms with Crippen molar-refractivity contribution in [3.8, 4) is 0 Å². The predicted octanol–water partition coefficient (Wildman–Crippen LogP) is 2.57. The van der Waals surface area contributed by atoms with Crippen LogP contribution in [0.1, 0.15) is 18.4 Å². The Kier molecular flexibility index (Phi) is 3.76. The lowest BCUT2D eigenvalue weighted by molar-refractivity contribution is 0.312. The van der Waals surface area contributed by atoms with Gasteiger partial charge >= 0.3 is 0 Å². The Morgan fingerprint density at radius 2 is 2.28 bits per heavy atom. The van der Waals surface area contributed by atoms with Crippen LogP contribution in [0.25, 0.3) is 0 Å². The Hall–Kier alpha value is -0.350. The minimum absolute atomic E-state index is 0.459. The Bertz CT molecular complexity index is 424. The van der Waals surface area contributed by atoms with Gasteiger partial charge in [0.1, 0.15) is 5.15 Å². The Morgan fingerprint density at radius 3 is 3.06 bits per heavy atom. The zero-order valence-electron chi connectivity index (χ0n) is 10.2. The summed E-state index contributed by atoms with van der Waals surface area (Å²) in [5.74, 6) is 0.804. The van der Waals surface area contributed by atoms with E-state index in [9.17, 15) is 0 Å². The normalized spacial score (nSPS) is 28.3. The smallest absolute Gasteiger partial charge is 0.130 e. The first-order valence-electron chi connectivity index (χ1n) is 6.48. The van der Waals surface area contributed by atoms with Gasteiger partial charge in [-0.15, -0.1) is 0 Å². The summed E-state index contributed by atoms with van der Waals surface area (Å²) >= 11 is 12.0. The molecule has 1 N–H and O–H groups in total. The maximum absolute atomic E-state index is 6.19. The van der Waals surface area contributed by atoms with E-state index in [1.807, 2.05) is 0 Å². The fourth-order valence-corrected chi connectivity index (χ4v) is 3.48. The Labute approximate surface area is 117 Å². The van der Waals surface area contributed by atoms with Crippen LogP contribution >= 0.6 is 23.2 Å². The van der Waals surface area contributed by atoms with Crippen LogP contribution in [-0.2, 0) is 6.54 Å². The molecule has 0 aromatic carbocycles. The molecule has 0 radical (unpaired) electrons. The summed E-state index contributed by atoms with van der Waals surface area (Å²) in [6, 6.07) is 2.39. The van der Waals surface area contributed by atoms with E-state index in [1.54, 1.807) is 12.3 Å². The van der Waals surface area contributed by atoms with Crippen molar-refractivity contribution in [3.63, 3.8) is 0 Å². The molecule has 5 heteroatoms. The highest BCUT2D eigenvalue weighted by atomic mass is 35.5. The van der Waals surface area contributed by atoms with Crippen LogP contribution in [0.2, 0.25) is 10.2 Å². The number of nitrogens with zero attached hydrogens (tertiary/aromatic N) is 2. The van der Waals surface area contributed by atoms with E-state index in [1.165, 1.54) is 12.8 Å². The lowest BCUT2D eigenvalue weighted by Crippen LogP contribution is -2.40. The van der Waals surface area contributed by atoms with Gasteiger partial charge in [-0.2, -0.15) is 0 Å². The van der Waals surface area contributed by atoms with Gasteiger partial charge in [-0.25, -0.2) is 4.98 Å². The highest BCUT2D eigenvalue weighted by Gasteiger charge is 2.34. The van der Waals surface area contributed by atoms with E-state index in [-0.39, 0.29) is 0 Å². The van der Waals surface area contributed by atoms with E-state index in [2.05, 4.69) is 15.2 Å². The molecule has 2 aliphatic rings. The number of rotatable bonds is 2. The van der Waals surface area contributed by atoms with Gasteiger partial charge in [0.25, 0.3) is 0 Å². The highest BCUT2D eigenvalue weighted by molar-refractivity contribution is 6.34. The van der Waals surface area contributed by atoms with Crippen molar-refractivity contribution >= 4 is 23.2 Å². The molecule has 0 bridgehead atoms. The van der Waals surface area contributed by atoms with Gasteiger partial charge in [0, 0.05) is 42.5 Å². The molecule has 98 valence electrons. The van der Waals surface area contributed by atoms with E-state index in [0.29, 0.717) is 11.2 Å². The fourth-order valence-electron chi connectivity index (χ4n) is 3.06. The third kappa shape index (κ3) is 2.64. The standard InChI is InChI=1S/C13H17Cl2N3/c14-11-4-13(15)17-5-10(11)7-18-6-9-2-1-3-16-12(9)8-18/h4-5,9,12,16H,1-3,6-8H2/t9-,12+/m0/s1. The second kappa shape index (κ2) is 5.33. The van der Waals surface area contributed by atoms with Crippen molar-refractivity contribution in [3.05, 3.63) is 28.0 Å². The number of pyridine rings is 1. The largest absolute Gasteiger partial charge is 0.312 e. The molecule has 0 aliphatic carbocycles. The number of fused-ring (bicyclic) bond motifs is 1. The third-order valence-corrected chi connectivity index (χ3v) is 4.52. The maximum atomic E-state index is 6.19. The topological polar surface area (TPSA) is 28.2 Å². The van der Waals surface area contributed by atoms with Crippen LogP contribution in [0.15, 0.2) is 12.3 Å². The minimum Gasteiger partial charge on any atom is -0.312 e. The van der Waals surface area contributed by atoms with Crippen LogP contribution in [-0.4, -0.2) is 35.6 Å². The number of nitrogens with one attached hydrogen (secondary N) is 1.